The molecule has 1 heterocycles. The van der Waals surface area contributed by atoms with Crippen molar-refractivity contribution in [3.8, 4) is 39.3 Å². The largest absolute Gasteiger partial charge is 0.292 e. The summed E-state index contributed by atoms with van der Waals surface area (Å²) in [6.07, 6.45) is 6.75. The second-order valence-electron chi connectivity index (χ2n) is 11.9. The highest BCUT2D eigenvalue weighted by Crippen LogP contribution is 2.44. The number of hydrogen-bond acceptors (Lipinski definition) is 1. The van der Waals surface area contributed by atoms with Gasteiger partial charge in [0.15, 0.2) is 0 Å². The molecule has 0 bridgehead atoms. The quantitative estimate of drug-likeness (QED) is 0.191. The fourth-order valence-corrected chi connectivity index (χ4v) is 7.18. The molecule has 8 aromatic rings. The van der Waals surface area contributed by atoms with E-state index in [1.54, 1.807) is 0 Å². The minimum atomic E-state index is 0.946. The maximum Gasteiger partial charge on any atom is 0.145 e. The summed E-state index contributed by atoms with van der Waals surface area (Å²) < 4.78 is 2.26. The Balaban J connectivity index is 1.24. The van der Waals surface area contributed by atoms with E-state index >= 15 is 0 Å². The lowest BCUT2D eigenvalue weighted by Crippen LogP contribution is -1.97. The average Bonchev–Trinajstić information content (AvgIpc) is 3.50. The lowest BCUT2D eigenvalue weighted by molar-refractivity contribution is 0.986. The van der Waals surface area contributed by atoms with Gasteiger partial charge in [-0.05, 0) is 92.0 Å². The summed E-state index contributed by atoms with van der Waals surface area (Å²) in [5.41, 5.74) is 12.2. The molecule has 0 radical (unpaired) electrons. The van der Waals surface area contributed by atoms with Gasteiger partial charge < -0.3 is 0 Å². The van der Waals surface area contributed by atoms with Gasteiger partial charge >= 0.3 is 0 Å². The van der Waals surface area contributed by atoms with Crippen LogP contribution in [0.5, 0.6) is 0 Å². The highest BCUT2D eigenvalue weighted by molar-refractivity contribution is 6.21. The molecule has 2 heteroatoms. The van der Waals surface area contributed by atoms with Crippen LogP contribution in [0.15, 0.2) is 152 Å². The zero-order valence-corrected chi connectivity index (χ0v) is 24.8. The molecule has 9 rings (SSSR count). The topological polar surface area (TPSA) is 17.8 Å². The van der Waals surface area contributed by atoms with Gasteiger partial charge in [-0.25, -0.2) is 4.98 Å². The number of para-hydroxylation sites is 3. The Morgan fingerprint density at radius 2 is 1.09 bits per heavy atom. The molecule has 0 aliphatic heterocycles. The van der Waals surface area contributed by atoms with Crippen LogP contribution >= 0.6 is 0 Å². The minimum Gasteiger partial charge on any atom is -0.292 e. The molecule has 0 saturated carbocycles. The molecule has 0 N–H and O–H groups in total. The Hall–Kier alpha value is -5.73. The average molecular weight is 575 g/mol. The van der Waals surface area contributed by atoms with Crippen molar-refractivity contribution in [3.05, 3.63) is 163 Å². The van der Waals surface area contributed by atoms with Gasteiger partial charge in [-0.3, -0.25) is 4.57 Å². The summed E-state index contributed by atoms with van der Waals surface area (Å²) in [6.45, 7) is 0. The number of aryl methyl sites for hydroxylation is 1. The minimum absolute atomic E-state index is 0.946. The Morgan fingerprint density at radius 3 is 1.80 bits per heavy atom. The molecule has 0 amide bonds. The third-order valence-electron chi connectivity index (χ3n) is 9.25. The molecular weight excluding hydrogens is 544 g/mol. The Labute approximate surface area is 262 Å². The van der Waals surface area contributed by atoms with E-state index in [1.165, 1.54) is 54.9 Å². The third-order valence-corrected chi connectivity index (χ3v) is 9.25. The lowest BCUT2D eigenvalue weighted by Gasteiger charge is -2.19. The van der Waals surface area contributed by atoms with E-state index in [9.17, 15) is 0 Å². The van der Waals surface area contributed by atoms with E-state index in [0.29, 0.717) is 0 Å². The van der Waals surface area contributed by atoms with Crippen molar-refractivity contribution in [2.24, 2.45) is 0 Å². The van der Waals surface area contributed by atoms with E-state index in [4.69, 9.17) is 4.98 Å². The monoisotopic (exact) mass is 574 g/mol. The van der Waals surface area contributed by atoms with Crippen LogP contribution in [0, 0.1) is 0 Å². The van der Waals surface area contributed by atoms with Crippen molar-refractivity contribution in [1.82, 2.24) is 9.55 Å². The Bertz CT molecular complexity index is 2350. The molecular formula is C43H30N2. The SMILES string of the molecule is C1=Cc2ccc(-c3c4ccccc4c(-c4ccc(-c5nc6ccccc6n5-c5ccccc5)cc4)c4ccccc34)cc2CC1. The van der Waals surface area contributed by atoms with Gasteiger partial charge in [-0.1, -0.05) is 133 Å². The van der Waals surface area contributed by atoms with Crippen LogP contribution in [0.1, 0.15) is 17.5 Å². The first-order valence-electron chi connectivity index (χ1n) is 15.7. The summed E-state index contributed by atoms with van der Waals surface area (Å²) >= 11 is 0. The second-order valence-corrected chi connectivity index (χ2v) is 11.9. The van der Waals surface area contributed by atoms with Crippen LogP contribution in [0.2, 0.25) is 0 Å². The predicted molar refractivity (Wildman–Crippen MR) is 190 cm³/mol. The van der Waals surface area contributed by atoms with E-state index < -0.39 is 0 Å². The van der Waals surface area contributed by atoms with E-state index in [-0.39, 0.29) is 0 Å². The van der Waals surface area contributed by atoms with Crippen LogP contribution in [0.25, 0.3) is 78.0 Å². The number of benzene rings is 7. The summed E-state index contributed by atoms with van der Waals surface area (Å²) in [5.74, 6) is 0.946. The van der Waals surface area contributed by atoms with Gasteiger partial charge in [-0.15, -0.1) is 0 Å². The van der Waals surface area contributed by atoms with Gasteiger partial charge in [-0.2, -0.15) is 0 Å². The first-order chi connectivity index (χ1) is 22.3. The summed E-state index contributed by atoms with van der Waals surface area (Å²) in [4.78, 5) is 5.10. The maximum atomic E-state index is 5.10. The highest BCUT2D eigenvalue weighted by atomic mass is 15.1. The number of hydrogen-bond donors (Lipinski definition) is 0. The van der Waals surface area contributed by atoms with Crippen molar-refractivity contribution in [3.63, 3.8) is 0 Å². The first kappa shape index (κ1) is 25.7. The van der Waals surface area contributed by atoms with E-state index in [0.717, 1.165) is 41.0 Å². The molecule has 0 saturated heterocycles. The smallest absolute Gasteiger partial charge is 0.145 e. The van der Waals surface area contributed by atoms with Crippen LogP contribution in [0.3, 0.4) is 0 Å². The van der Waals surface area contributed by atoms with Crippen molar-refractivity contribution < 1.29 is 0 Å². The van der Waals surface area contributed by atoms with Crippen LogP contribution in [-0.2, 0) is 6.42 Å². The van der Waals surface area contributed by atoms with Gasteiger partial charge in [0.2, 0.25) is 0 Å². The molecule has 2 nitrogen and oxygen atoms in total. The Morgan fingerprint density at radius 1 is 0.511 bits per heavy atom. The van der Waals surface area contributed by atoms with Crippen molar-refractivity contribution in [2.45, 2.75) is 12.8 Å². The molecule has 0 spiro atoms. The molecule has 0 atom stereocenters. The number of rotatable bonds is 4. The van der Waals surface area contributed by atoms with Crippen molar-refractivity contribution >= 4 is 38.7 Å². The van der Waals surface area contributed by atoms with Gasteiger partial charge in [0.1, 0.15) is 5.82 Å². The standard InChI is InChI=1S/C43H30N2/c1-2-14-34(15-3-1)45-40-21-11-10-20-39(40)44-43(45)31-25-23-30(24-26-31)41-35-16-6-8-18-37(35)42(38-19-9-7-17-36(38)41)33-27-22-29-12-4-5-13-32(29)28-33/h1-4,6-12,14-28H,5,13H2. The maximum absolute atomic E-state index is 5.10. The third kappa shape index (κ3) is 4.22. The fraction of sp³-hybridized carbons (Fsp3) is 0.0465. The Kier molecular flexibility index (Phi) is 5.99. The van der Waals surface area contributed by atoms with Gasteiger partial charge in [0.25, 0.3) is 0 Å². The number of fused-ring (bicyclic) bond motifs is 4. The number of imidazole rings is 1. The lowest BCUT2D eigenvalue weighted by atomic mass is 9.84. The van der Waals surface area contributed by atoms with E-state index in [1.807, 2.05) is 0 Å². The second kappa shape index (κ2) is 10.5. The summed E-state index contributed by atoms with van der Waals surface area (Å²) in [7, 11) is 0. The van der Waals surface area contributed by atoms with Crippen molar-refractivity contribution in [1.29, 1.82) is 0 Å². The predicted octanol–water partition coefficient (Wildman–Crippen LogP) is 11.3. The summed E-state index contributed by atoms with van der Waals surface area (Å²) in [5, 5.41) is 5.11. The molecule has 0 unspecified atom stereocenters. The molecule has 0 fully saturated rings. The molecule has 7 aromatic carbocycles. The fourth-order valence-electron chi connectivity index (χ4n) is 7.18. The van der Waals surface area contributed by atoms with Gasteiger partial charge in [0.05, 0.1) is 11.0 Å². The normalized spacial score (nSPS) is 12.6. The molecule has 1 aromatic heterocycles. The molecule has 1 aliphatic carbocycles. The zero-order valence-electron chi connectivity index (χ0n) is 24.8. The van der Waals surface area contributed by atoms with Crippen molar-refractivity contribution in [2.75, 3.05) is 0 Å². The van der Waals surface area contributed by atoms with Crippen LogP contribution in [0.4, 0.5) is 0 Å². The highest BCUT2D eigenvalue weighted by Gasteiger charge is 2.19. The van der Waals surface area contributed by atoms with Gasteiger partial charge in [0, 0.05) is 11.3 Å². The van der Waals surface area contributed by atoms with Crippen LogP contribution in [-0.4, -0.2) is 9.55 Å². The molecule has 1 aliphatic rings. The molecule has 212 valence electrons. The summed E-state index contributed by atoms with van der Waals surface area (Å²) in [6, 6.07) is 52.7. The van der Waals surface area contributed by atoms with E-state index in [2.05, 4.69) is 162 Å². The first-order valence-corrected chi connectivity index (χ1v) is 15.7. The number of aromatic nitrogens is 2. The van der Waals surface area contributed by atoms with Crippen LogP contribution < -0.4 is 0 Å². The number of nitrogens with zero attached hydrogens (tertiary/aromatic N) is 2. The zero-order chi connectivity index (χ0) is 29.7. The number of allylic oxidation sites excluding steroid dienone is 1. The molecule has 45 heavy (non-hydrogen) atoms.